The molecule has 2 aromatic rings. The van der Waals surface area contributed by atoms with Crippen LogP contribution in [0.1, 0.15) is 16.7 Å². The number of pyridine rings is 1. The van der Waals surface area contributed by atoms with Gasteiger partial charge >= 0.3 is 0 Å². The highest BCUT2D eigenvalue weighted by Crippen LogP contribution is 2.18. The van der Waals surface area contributed by atoms with E-state index in [1.807, 2.05) is 30.3 Å². The number of halogens is 1. The van der Waals surface area contributed by atoms with Crippen LogP contribution in [0.3, 0.4) is 0 Å². The molecule has 2 rings (SSSR count). The summed E-state index contributed by atoms with van der Waals surface area (Å²) in [5.41, 5.74) is 9.25. The van der Waals surface area contributed by atoms with Gasteiger partial charge in [-0.05, 0) is 47.4 Å². The van der Waals surface area contributed by atoms with Crippen LogP contribution in [0.15, 0.2) is 42.7 Å². The van der Waals surface area contributed by atoms with Crippen molar-refractivity contribution in [3.63, 3.8) is 0 Å². The van der Waals surface area contributed by atoms with Gasteiger partial charge in [0.25, 0.3) is 0 Å². The monoisotopic (exact) mass is 232 g/mol. The molecule has 0 unspecified atom stereocenters. The molecule has 82 valence electrons. The smallest absolute Gasteiger partial charge is 0.0409 e. The summed E-state index contributed by atoms with van der Waals surface area (Å²) < 4.78 is 0. The van der Waals surface area contributed by atoms with Crippen LogP contribution < -0.4 is 5.73 Å². The maximum absolute atomic E-state index is 5.93. The van der Waals surface area contributed by atoms with E-state index in [4.69, 9.17) is 17.3 Å². The van der Waals surface area contributed by atoms with Crippen molar-refractivity contribution in [3.8, 4) is 0 Å². The lowest BCUT2D eigenvalue weighted by molar-refractivity contribution is 1.02. The van der Waals surface area contributed by atoms with Gasteiger partial charge in [-0.2, -0.15) is 0 Å². The normalized spacial score (nSPS) is 10.4. The van der Waals surface area contributed by atoms with Crippen molar-refractivity contribution >= 4 is 11.6 Å². The van der Waals surface area contributed by atoms with Crippen LogP contribution >= 0.6 is 11.6 Å². The van der Waals surface area contributed by atoms with E-state index in [0.717, 1.165) is 17.0 Å². The third-order valence-electron chi connectivity index (χ3n) is 2.53. The zero-order valence-electron chi connectivity index (χ0n) is 8.86. The van der Waals surface area contributed by atoms with Gasteiger partial charge in [-0.1, -0.05) is 17.7 Å². The summed E-state index contributed by atoms with van der Waals surface area (Å²) >= 11 is 5.93. The predicted molar refractivity (Wildman–Crippen MR) is 66.4 cm³/mol. The largest absolute Gasteiger partial charge is 0.326 e. The van der Waals surface area contributed by atoms with E-state index in [2.05, 4.69) is 4.98 Å². The van der Waals surface area contributed by atoms with Crippen LogP contribution in [0.5, 0.6) is 0 Å². The number of rotatable bonds is 3. The second kappa shape index (κ2) is 5.10. The first-order valence-electron chi connectivity index (χ1n) is 5.16. The maximum atomic E-state index is 5.93. The third kappa shape index (κ3) is 2.60. The molecule has 0 aliphatic carbocycles. The Balaban J connectivity index is 2.28. The number of nitrogens with two attached hydrogens (primary N) is 1. The van der Waals surface area contributed by atoms with Crippen molar-refractivity contribution in [2.24, 2.45) is 5.73 Å². The van der Waals surface area contributed by atoms with E-state index in [-0.39, 0.29) is 0 Å². The molecule has 2 N–H and O–H groups in total. The molecule has 0 aliphatic heterocycles. The predicted octanol–water partition coefficient (Wildman–Crippen LogP) is 2.78. The molecule has 0 atom stereocenters. The van der Waals surface area contributed by atoms with Crippen molar-refractivity contribution < 1.29 is 0 Å². The topological polar surface area (TPSA) is 38.9 Å². The van der Waals surface area contributed by atoms with Crippen LogP contribution in [0, 0.1) is 0 Å². The number of benzene rings is 1. The fourth-order valence-electron chi connectivity index (χ4n) is 1.68. The highest BCUT2D eigenvalue weighted by Gasteiger charge is 2.03. The number of hydrogen-bond donors (Lipinski definition) is 1. The van der Waals surface area contributed by atoms with E-state index in [1.165, 1.54) is 11.1 Å². The fraction of sp³-hybridized carbons (Fsp3) is 0.154. The van der Waals surface area contributed by atoms with Gasteiger partial charge in [-0.25, -0.2) is 0 Å². The Labute approximate surface area is 100 Å². The second-order valence-corrected chi connectivity index (χ2v) is 4.09. The zero-order valence-corrected chi connectivity index (χ0v) is 9.61. The van der Waals surface area contributed by atoms with Gasteiger partial charge in [0.2, 0.25) is 0 Å². The molecule has 1 aromatic heterocycles. The van der Waals surface area contributed by atoms with E-state index < -0.39 is 0 Å². The molecule has 0 saturated carbocycles. The van der Waals surface area contributed by atoms with E-state index >= 15 is 0 Å². The molecular weight excluding hydrogens is 220 g/mol. The van der Waals surface area contributed by atoms with Gasteiger partial charge in [-0.15, -0.1) is 0 Å². The van der Waals surface area contributed by atoms with Crippen molar-refractivity contribution in [1.29, 1.82) is 0 Å². The molecule has 16 heavy (non-hydrogen) atoms. The summed E-state index contributed by atoms with van der Waals surface area (Å²) in [6, 6.07) is 9.88. The first kappa shape index (κ1) is 11.1. The lowest BCUT2D eigenvalue weighted by Crippen LogP contribution is -2.02. The molecule has 0 bridgehead atoms. The molecule has 2 nitrogen and oxygen atoms in total. The molecular formula is C13H13ClN2. The minimum absolute atomic E-state index is 0.515. The average molecular weight is 233 g/mol. The average Bonchev–Trinajstić information content (AvgIpc) is 2.33. The Morgan fingerprint density at radius 3 is 2.50 bits per heavy atom. The van der Waals surface area contributed by atoms with Crippen LogP contribution in [-0.2, 0) is 13.0 Å². The van der Waals surface area contributed by atoms with Gasteiger partial charge in [-0.3, -0.25) is 4.98 Å². The van der Waals surface area contributed by atoms with Gasteiger partial charge in [0.05, 0.1) is 0 Å². The Hall–Kier alpha value is -1.38. The highest BCUT2D eigenvalue weighted by atomic mass is 35.5. The molecule has 3 heteroatoms. The standard InChI is InChI=1S/C13H13ClN2/c14-13-2-1-11(12(8-13)9-15)7-10-3-5-16-6-4-10/h1-6,8H,7,9,15H2. The van der Waals surface area contributed by atoms with Gasteiger partial charge in [0.1, 0.15) is 0 Å². The lowest BCUT2D eigenvalue weighted by atomic mass is 10.0. The molecule has 1 aromatic carbocycles. The van der Waals surface area contributed by atoms with Gasteiger partial charge < -0.3 is 5.73 Å². The molecule has 0 radical (unpaired) electrons. The Kier molecular flexibility index (Phi) is 3.54. The van der Waals surface area contributed by atoms with E-state index in [1.54, 1.807) is 12.4 Å². The first-order valence-corrected chi connectivity index (χ1v) is 5.53. The van der Waals surface area contributed by atoms with Crippen LogP contribution in [0.25, 0.3) is 0 Å². The van der Waals surface area contributed by atoms with Crippen molar-refractivity contribution in [2.45, 2.75) is 13.0 Å². The summed E-state index contributed by atoms with van der Waals surface area (Å²) in [7, 11) is 0. The summed E-state index contributed by atoms with van der Waals surface area (Å²) in [6.07, 6.45) is 4.47. The third-order valence-corrected chi connectivity index (χ3v) is 2.77. The zero-order chi connectivity index (χ0) is 11.4. The fourth-order valence-corrected chi connectivity index (χ4v) is 1.87. The number of nitrogens with zero attached hydrogens (tertiary/aromatic N) is 1. The van der Waals surface area contributed by atoms with Gasteiger partial charge in [0.15, 0.2) is 0 Å². The lowest BCUT2D eigenvalue weighted by Gasteiger charge is -2.08. The SMILES string of the molecule is NCc1cc(Cl)ccc1Cc1ccncc1. The van der Waals surface area contributed by atoms with Crippen LogP contribution in [0.4, 0.5) is 0 Å². The van der Waals surface area contributed by atoms with Gasteiger partial charge in [0, 0.05) is 24.0 Å². The van der Waals surface area contributed by atoms with E-state index in [0.29, 0.717) is 6.54 Å². The first-order chi connectivity index (χ1) is 7.79. The van der Waals surface area contributed by atoms with Crippen molar-refractivity contribution in [3.05, 3.63) is 64.4 Å². The Morgan fingerprint density at radius 1 is 1.06 bits per heavy atom. The molecule has 0 saturated heterocycles. The summed E-state index contributed by atoms with van der Waals surface area (Å²) in [6.45, 7) is 0.515. The molecule has 0 spiro atoms. The molecule has 0 aliphatic rings. The molecule has 1 heterocycles. The minimum Gasteiger partial charge on any atom is -0.326 e. The van der Waals surface area contributed by atoms with E-state index in [9.17, 15) is 0 Å². The Morgan fingerprint density at radius 2 is 1.81 bits per heavy atom. The quantitative estimate of drug-likeness (QED) is 0.884. The molecule has 0 fully saturated rings. The van der Waals surface area contributed by atoms with Crippen LogP contribution in [0.2, 0.25) is 5.02 Å². The van der Waals surface area contributed by atoms with Crippen molar-refractivity contribution in [2.75, 3.05) is 0 Å². The van der Waals surface area contributed by atoms with Crippen LogP contribution in [-0.4, -0.2) is 4.98 Å². The second-order valence-electron chi connectivity index (χ2n) is 3.65. The minimum atomic E-state index is 0.515. The Bertz CT molecular complexity index is 469. The maximum Gasteiger partial charge on any atom is 0.0409 e. The summed E-state index contributed by atoms with van der Waals surface area (Å²) in [5.74, 6) is 0. The molecule has 0 amide bonds. The van der Waals surface area contributed by atoms with Crippen molar-refractivity contribution in [1.82, 2.24) is 4.98 Å². The number of aromatic nitrogens is 1. The summed E-state index contributed by atoms with van der Waals surface area (Å²) in [4.78, 5) is 4.00. The number of hydrogen-bond acceptors (Lipinski definition) is 2. The summed E-state index contributed by atoms with van der Waals surface area (Å²) in [5, 5.41) is 0.735. The highest BCUT2D eigenvalue weighted by molar-refractivity contribution is 6.30.